The van der Waals surface area contributed by atoms with E-state index in [9.17, 15) is 0 Å². The van der Waals surface area contributed by atoms with Crippen LogP contribution >= 0.6 is 12.8 Å². The van der Waals surface area contributed by atoms with E-state index >= 15 is 0 Å². The Kier molecular flexibility index (Phi) is 2.64. The summed E-state index contributed by atoms with van der Waals surface area (Å²) in [6, 6.07) is 0. The summed E-state index contributed by atoms with van der Waals surface area (Å²) in [5, 5.41) is 8.34. The van der Waals surface area contributed by atoms with E-state index in [2.05, 4.69) is 12.8 Å². The predicted molar refractivity (Wildman–Crippen MR) is 33.0 cm³/mol. The molecule has 0 saturated carbocycles. The smallest absolute Gasteiger partial charge is 0.112 e. The van der Waals surface area contributed by atoms with Gasteiger partial charge in [-0.1, -0.05) is 0 Å². The average Bonchev–Trinajstić information content (AvgIpc) is 1.30. The maximum atomic E-state index is 8.34. The molecule has 2 nitrogen and oxygen atoms in total. The predicted octanol–water partition coefficient (Wildman–Crippen LogP) is -0.100. The van der Waals surface area contributed by atoms with Crippen molar-refractivity contribution in [1.82, 2.24) is 0 Å². The van der Waals surface area contributed by atoms with Crippen molar-refractivity contribution in [3.05, 3.63) is 0 Å². The molecule has 0 aliphatic carbocycles. The van der Waals surface area contributed by atoms with Crippen molar-refractivity contribution in [3.8, 4) is 0 Å². The van der Waals surface area contributed by atoms with Crippen LogP contribution in [0, 0.1) is 0 Å². The van der Waals surface area contributed by atoms with Crippen LogP contribution in [0.5, 0.6) is 0 Å². The Hall–Kier alpha value is 0.270. The Morgan fingerprint density at radius 3 is 2.00 bits per heavy atom. The van der Waals surface area contributed by atoms with E-state index in [-0.39, 0.29) is 6.61 Å². The summed E-state index contributed by atoms with van der Waals surface area (Å²) in [7, 11) is 3.83. The molecule has 7 heavy (non-hydrogen) atoms. The SMILES string of the molecule is C[N+](C)(S)CCO. The van der Waals surface area contributed by atoms with E-state index in [1.165, 1.54) is 0 Å². The average molecular weight is 122 g/mol. The molecule has 0 aliphatic heterocycles. The van der Waals surface area contributed by atoms with Gasteiger partial charge in [0, 0.05) is 0 Å². The molecule has 3 heteroatoms. The van der Waals surface area contributed by atoms with Gasteiger partial charge in [0.25, 0.3) is 0 Å². The van der Waals surface area contributed by atoms with E-state index in [4.69, 9.17) is 5.11 Å². The van der Waals surface area contributed by atoms with Gasteiger partial charge < -0.3 is 5.11 Å². The van der Waals surface area contributed by atoms with Gasteiger partial charge in [0.2, 0.25) is 0 Å². The molecular weight excluding hydrogens is 110 g/mol. The lowest BCUT2D eigenvalue weighted by Gasteiger charge is -2.18. The summed E-state index contributed by atoms with van der Waals surface area (Å²) in [5.74, 6) is 0. The molecule has 0 unspecified atom stereocenters. The molecular formula is C4H12NOS+. The minimum atomic E-state index is 0.205. The van der Waals surface area contributed by atoms with Gasteiger partial charge >= 0.3 is 0 Å². The zero-order chi connectivity index (χ0) is 5.91. The number of aliphatic hydroxyl groups is 1. The molecule has 0 fully saturated rings. The van der Waals surface area contributed by atoms with Crippen LogP contribution < -0.4 is 0 Å². The Morgan fingerprint density at radius 1 is 1.57 bits per heavy atom. The molecule has 0 spiro atoms. The maximum Gasteiger partial charge on any atom is 0.112 e. The van der Waals surface area contributed by atoms with E-state index in [1.54, 1.807) is 0 Å². The van der Waals surface area contributed by atoms with E-state index in [0.717, 1.165) is 0 Å². The van der Waals surface area contributed by atoms with E-state index in [0.29, 0.717) is 10.4 Å². The molecule has 1 N–H and O–H groups in total. The number of aliphatic hydroxyl groups excluding tert-OH is 1. The zero-order valence-corrected chi connectivity index (χ0v) is 5.65. The highest BCUT2D eigenvalue weighted by atomic mass is 32.1. The van der Waals surface area contributed by atoms with Crippen molar-refractivity contribution in [2.75, 3.05) is 27.2 Å². The lowest BCUT2D eigenvalue weighted by molar-refractivity contribution is -0.747. The van der Waals surface area contributed by atoms with Gasteiger partial charge in [0.1, 0.15) is 6.54 Å². The number of quaternary nitrogens is 1. The van der Waals surface area contributed by atoms with Crippen molar-refractivity contribution in [1.29, 1.82) is 0 Å². The second-order valence-electron chi connectivity index (χ2n) is 2.07. The number of hydrogen-bond acceptors (Lipinski definition) is 2. The molecule has 0 heterocycles. The van der Waals surface area contributed by atoms with Crippen LogP contribution in [0.15, 0.2) is 0 Å². The molecule has 0 amide bonds. The molecule has 44 valence electrons. The fraction of sp³-hybridized carbons (Fsp3) is 1.00. The fourth-order valence-corrected chi connectivity index (χ4v) is 0.334. The lowest BCUT2D eigenvalue weighted by Crippen LogP contribution is -2.30. The van der Waals surface area contributed by atoms with Crippen molar-refractivity contribution in [3.63, 3.8) is 0 Å². The minimum absolute atomic E-state index is 0.205. The molecule has 0 atom stereocenters. The van der Waals surface area contributed by atoms with Crippen LogP contribution in [0.1, 0.15) is 0 Å². The van der Waals surface area contributed by atoms with Gasteiger partial charge in [-0.3, -0.25) is 3.89 Å². The Morgan fingerprint density at radius 2 is 2.00 bits per heavy atom. The van der Waals surface area contributed by atoms with Gasteiger partial charge in [-0.05, 0) is 0 Å². The summed E-state index contributed by atoms with van der Waals surface area (Å²) in [5.41, 5.74) is 0. The normalized spacial score (nSPS) is 12.0. The third-order valence-corrected chi connectivity index (χ3v) is 0.847. The highest BCUT2D eigenvalue weighted by Gasteiger charge is 2.04. The largest absolute Gasteiger partial charge is 0.390 e. The van der Waals surface area contributed by atoms with Gasteiger partial charge in [-0.25, -0.2) is 0 Å². The van der Waals surface area contributed by atoms with Crippen LogP contribution in [0.2, 0.25) is 0 Å². The first kappa shape index (κ1) is 7.27. The van der Waals surface area contributed by atoms with E-state index in [1.807, 2.05) is 14.1 Å². The minimum Gasteiger partial charge on any atom is -0.390 e. The van der Waals surface area contributed by atoms with Gasteiger partial charge in [0.05, 0.1) is 33.5 Å². The zero-order valence-electron chi connectivity index (χ0n) is 4.76. The molecule has 0 aliphatic rings. The van der Waals surface area contributed by atoms with Gasteiger partial charge in [-0.2, -0.15) is 0 Å². The van der Waals surface area contributed by atoms with Crippen LogP contribution in [0.3, 0.4) is 0 Å². The molecule has 0 aromatic carbocycles. The number of rotatable bonds is 2. The summed E-state index contributed by atoms with van der Waals surface area (Å²) >= 11 is 4.11. The maximum absolute atomic E-state index is 8.34. The molecule has 0 rings (SSSR count). The number of hydrogen-bond donors (Lipinski definition) is 2. The van der Waals surface area contributed by atoms with Gasteiger partial charge in [-0.15, -0.1) is 0 Å². The first-order valence-corrected chi connectivity index (χ1v) is 2.63. The number of likely N-dealkylation sites (N-methyl/N-ethyl adjacent to an activating group) is 1. The third kappa shape index (κ3) is 6.27. The van der Waals surface area contributed by atoms with Crippen molar-refractivity contribution in [2.45, 2.75) is 0 Å². The first-order valence-electron chi connectivity index (χ1n) is 2.23. The van der Waals surface area contributed by atoms with Crippen LogP contribution in [0.4, 0.5) is 0 Å². The standard InChI is InChI=1S/C4H12NOS/c1-5(2,7)3-4-6/h6-7H,3-4H2,1-2H3/q+1. The Balaban J connectivity index is 3.15. The highest BCUT2D eigenvalue weighted by molar-refractivity contribution is 7.74. The monoisotopic (exact) mass is 122 g/mol. The Bertz CT molecular complexity index is 50.1. The number of thiol groups is 1. The summed E-state index contributed by atoms with van der Waals surface area (Å²) in [4.78, 5) is 0. The van der Waals surface area contributed by atoms with Crippen LogP contribution in [-0.4, -0.2) is 36.2 Å². The fourth-order valence-electron chi connectivity index (χ4n) is 0.245. The van der Waals surface area contributed by atoms with Crippen molar-refractivity contribution >= 4 is 12.8 Å². The lowest BCUT2D eigenvalue weighted by atomic mass is 10.6. The van der Waals surface area contributed by atoms with Crippen LogP contribution in [0.25, 0.3) is 0 Å². The second-order valence-corrected chi connectivity index (χ2v) is 3.15. The highest BCUT2D eigenvalue weighted by Crippen LogP contribution is 1.97. The third-order valence-electron chi connectivity index (χ3n) is 0.647. The van der Waals surface area contributed by atoms with Gasteiger partial charge in [0.15, 0.2) is 0 Å². The quantitative estimate of drug-likeness (QED) is 0.387. The summed E-state index contributed by atoms with van der Waals surface area (Å²) in [6.45, 7) is 0.902. The summed E-state index contributed by atoms with van der Waals surface area (Å²) < 4.78 is 0.538. The van der Waals surface area contributed by atoms with E-state index < -0.39 is 0 Å². The van der Waals surface area contributed by atoms with Crippen LogP contribution in [-0.2, 0) is 0 Å². The molecule has 0 saturated heterocycles. The topological polar surface area (TPSA) is 20.2 Å². The molecule has 0 radical (unpaired) electrons. The second kappa shape index (κ2) is 2.55. The summed E-state index contributed by atoms with van der Waals surface area (Å²) in [6.07, 6.45) is 0. The van der Waals surface area contributed by atoms with Crippen molar-refractivity contribution in [2.24, 2.45) is 0 Å². The Labute approximate surface area is 49.9 Å². The molecule has 0 aromatic rings. The van der Waals surface area contributed by atoms with Crippen molar-refractivity contribution < 1.29 is 8.99 Å². The number of nitrogens with zero attached hydrogens (tertiary/aromatic N) is 1. The molecule has 0 aromatic heterocycles. The molecule has 0 bridgehead atoms. The first-order chi connectivity index (χ1) is 3.06.